The average molecular weight is 296 g/mol. The van der Waals surface area contributed by atoms with Crippen molar-refractivity contribution in [2.75, 3.05) is 26.2 Å². The molecule has 6 heteroatoms. The van der Waals surface area contributed by atoms with Crippen molar-refractivity contribution in [1.82, 2.24) is 9.80 Å². The van der Waals surface area contributed by atoms with Crippen LogP contribution in [0.3, 0.4) is 0 Å². The number of likely N-dealkylation sites (tertiary alicyclic amines) is 2. The second-order valence-corrected chi connectivity index (χ2v) is 6.71. The van der Waals surface area contributed by atoms with Crippen LogP contribution in [0.25, 0.3) is 0 Å². The molecule has 21 heavy (non-hydrogen) atoms. The van der Waals surface area contributed by atoms with E-state index in [0.717, 1.165) is 32.1 Å². The SMILES string of the molecule is O=C(O)C1C2CCCC2CN1C(=O)N1CCCC(CO)C1. The Labute approximate surface area is 124 Å². The summed E-state index contributed by atoms with van der Waals surface area (Å²) in [5, 5.41) is 18.8. The summed E-state index contributed by atoms with van der Waals surface area (Å²) in [6.45, 7) is 1.90. The number of aliphatic hydroxyl groups excluding tert-OH is 1. The van der Waals surface area contributed by atoms with E-state index in [2.05, 4.69) is 0 Å². The van der Waals surface area contributed by atoms with Crippen LogP contribution in [-0.2, 0) is 4.79 Å². The predicted molar refractivity (Wildman–Crippen MR) is 75.7 cm³/mol. The van der Waals surface area contributed by atoms with E-state index in [1.165, 1.54) is 0 Å². The molecule has 2 N–H and O–H groups in total. The predicted octanol–water partition coefficient (Wildman–Crippen LogP) is 0.996. The molecule has 0 aromatic rings. The minimum absolute atomic E-state index is 0.0946. The fourth-order valence-corrected chi connectivity index (χ4v) is 4.39. The second kappa shape index (κ2) is 5.83. The molecule has 6 nitrogen and oxygen atoms in total. The maximum absolute atomic E-state index is 12.7. The molecule has 3 aliphatic rings. The molecule has 2 aliphatic heterocycles. The normalized spacial score (nSPS) is 35.9. The lowest BCUT2D eigenvalue weighted by Gasteiger charge is -2.36. The zero-order valence-corrected chi connectivity index (χ0v) is 12.3. The van der Waals surface area contributed by atoms with Crippen LogP contribution >= 0.6 is 0 Å². The number of piperidine rings is 1. The van der Waals surface area contributed by atoms with Crippen molar-refractivity contribution in [3.8, 4) is 0 Å². The Morgan fingerprint density at radius 2 is 1.90 bits per heavy atom. The van der Waals surface area contributed by atoms with Gasteiger partial charge in [0.25, 0.3) is 0 Å². The Kier molecular flexibility index (Phi) is 4.06. The lowest BCUT2D eigenvalue weighted by atomic mass is 9.94. The Morgan fingerprint density at radius 3 is 2.62 bits per heavy atom. The number of aliphatic carboxylic acids is 1. The molecule has 0 spiro atoms. The number of carbonyl (C=O) groups excluding carboxylic acids is 1. The van der Waals surface area contributed by atoms with Crippen LogP contribution in [-0.4, -0.2) is 64.3 Å². The van der Waals surface area contributed by atoms with Crippen molar-refractivity contribution in [2.45, 2.75) is 38.1 Å². The van der Waals surface area contributed by atoms with Crippen LogP contribution in [0.2, 0.25) is 0 Å². The molecule has 0 aromatic heterocycles. The molecular formula is C15H24N2O4. The number of fused-ring (bicyclic) bond motifs is 1. The summed E-state index contributed by atoms with van der Waals surface area (Å²) in [5.74, 6) is -0.250. The zero-order chi connectivity index (χ0) is 15.0. The van der Waals surface area contributed by atoms with Crippen LogP contribution in [0, 0.1) is 17.8 Å². The summed E-state index contributed by atoms with van der Waals surface area (Å²) >= 11 is 0. The number of carboxylic acid groups (broad SMARTS) is 1. The number of rotatable bonds is 2. The summed E-state index contributed by atoms with van der Waals surface area (Å²) in [7, 11) is 0. The molecule has 3 fully saturated rings. The van der Waals surface area contributed by atoms with Gasteiger partial charge in [-0.2, -0.15) is 0 Å². The average Bonchev–Trinajstić information content (AvgIpc) is 3.06. The van der Waals surface area contributed by atoms with Gasteiger partial charge in [-0.15, -0.1) is 0 Å². The molecule has 4 unspecified atom stereocenters. The van der Waals surface area contributed by atoms with E-state index in [0.29, 0.717) is 25.6 Å². The standard InChI is InChI=1S/C15H24N2O4/c18-9-10-3-2-6-16(7-10)15(21)17-8-11-4-1-5-12(11)13(17)14(19)20/h10-13,18H,1-9H2,(H,19,20). The van der Waals surface area contributed by atoms with E-state index in [9.17, 15) is 19.8 Å². The molecule has 118 valence electrons. The Morgan fingerprint density at radius 1 is 1.10 bits per heavy atom. The third-order valence-electron chi connectivity index (χ3n) is 5.44. The summed E-state index contributed by atoms with van der Waals surface area (Å²) in [4.78, 5) is 27.6. The van der Waals surface area contributed by atoms with Crippen molar-refractivity contribution >= 4 is 12.0 Å². The van der Waals surface area contributed by atoms with Crippen LogP contribution in [0.5, 0.6) is 0 Å². The first-order valence-corrected chi connectivity index (χ1v) is 8.01. The van der Waals surface area contributed by atoms with Gasteiger partial charge in [0.05, 0.1) is 0 Å². The highest BCUT2D eigenvalue weighted by atomic mass is 16.4. The quantitative estimate of drug-likeness (QED) is 0.796. The van der Waals surface area contributed by atoms with Crippen molar-refractivity contribution < 1.29 is 19.8 Å². The van der Waals surface area contributed by atoms with E-state index in [1.807, 2.05) is 0 Å². The van der Waals surface area contributed by atoms with Crippen molar-refractivity contribution in [3.05, 3.63) is 0 Å². The Balaban J connectivity index is 1.72. The summed E-state index contributed by atoms with van der Waals surface area (Å²) < 4.78 is 0. The monoisotopic (exact) mass is 296 g/mol. The Hall–Kier alpha value is -1.30. The molecule has 2 amide bonds. The molecule has 3 rings (SSSR count). The molecule has 0 bridgehead atoms. The van der Waals surface area contributed by atoms with Gasteiger partial charge >= 0.3 is 12.0 Å². The van der Waals surface area contributed by atoms with Gasteiger partial charge in [-0.25, -0.2) is 9.59 Å². The van der Waals surface area contributed by atoms with E-state index < -0.39 is 12.0 Å². The van der Waals surface area contributed by atoms with Gasteiger partial charge in [0.15, 0.2) is 0 Å². The maximum Gasteiger partial charge on any atom is 0.326 e. The number of amides is 2. The highest BCUT2D eigenvalue weighted by Crippen LogP contribution is 2.42. The van der Waals surface area contributed by atoms with Gasteiger partial charge in [0.2, 0.25) is 0 Å². The molecule has 1 aliphatic carbocycles. The van der Waals surface area contributed by atoms with Crippen LogP contribution in [0.15, 0.2) is 0 Å². The first-order valence-electron chi connectivity index (χ1n) is 8.01. The van der Waals surface area contributed by atoms with Crippen LogP contribution < -0.4 is 0 Å². The molecule has 2 saturated heterocycles. The van der Waals surface area contributed by atoms with Gasteiger partial charge in [-0.05, 0) is 43.4 Å². The number of hydrogen-bond acceptors (Lipinski definition) is 3. The Bertz CT molecular complexity index is 428. The lowest BCUT2D eigenvalue weighted by molar-refractivity contribution is -0.142. The number of aliphatic hydroxyl groups is 1. The van der Waals surface area contributed by atoms with Crippen LogP contribution in [0.4, 0.5) is 4.79 Å². The highest BCUT2D eigenvalue weighted by Gasteiger charge is 2.50. The van der Waals surface area contributed by atoms with Crippen molar-refractivity contribution in [1.29, 1.82) is 0 Å². The lowest BCUT2D eigenvalue weighted by Crippen LogP contribution is -2.52. The number of hydrogen-bond donors (Lipinski definition) is 2. The molecule has 1 saturated carbocycles. The van der Waals surface area contributed by atoms with E-state index in [-0.39, 0.29) is 24.5 Å². The van der Waals surface area contributed by atoms with Gasteiger partial charge in [0, 0.05) is 26.2 Å². The fraction of sp³-hybridized carbons (Fsp3) is 0.867. The third kappa shape index (κ3) is 2.61. The number of carboxylic acids is 1. The van der Waals surface area contributed by atoms with E-state index in [1.54, 1.807) is 9.80 Å². The molecule has 4 atom stereocenters. The summed E-state index contributed by atoms with van der Waals surface area (Å²) in [6.07, 6.45) is 4.86. The number of carbonyl (C=O) groups is 2. The van der Waals surface area contributed by atoms with Crippen molar-refractivity contribution in [3.63, 3.8) is 0 Å². The largest absolute Gasteiger partial charge is 0.480 e. The molecule has 0 aromatic carbocycles. The van der Waals surface area contributed by atoms with Gasteiger partial charge in [-0.1, -0.05) is 6.42 Å². The third-order valence-corrected chi connectivity index (χ3v) is 5.44. The summed E-state index contributed by atoms with van der Waals surface area (Å²) in [6, 6.07) is -0.797. The molecular weight excluding hydrogens is 272 g/mol. The minimum atomic E-state index is -0.867. The topological polar surface area (TPSA) is 81.1 Å². The maximum atomic E-state index is 12.7. The number of urea groups is 1. The molecule has 2 heterocycles. The van der Waals surface area contributed by atoms with E-state index in [4.69, 9.17) is 0 Å². The van der Waals surface area contributed by atoms with Gasteiger partial charge < -0.3 is 20.0 Å². The van der Waals surface area contributed by atoms with Crippen molar-refractivity contribution in [2.24, 2.45) is 17.8 Å². The zero-order valence-electron chi connectivity index (χ0n) is 12.3. The minimum Gasteiger partial charge on any atom is -0.480 e. The molecule has 0 radical (unpaired) electrons. The summed E-state index contributed by atoms with van der Waals surface area (Å²) in [5.41, 5.74) is 0. The number of nitrogens with zero attached hydrogens (tertiary/aromatic N) is 2. The van der Waals surface area contributed by atoms with E-state index >= 15 is 0 Å². The first kappa shape index (κ1) is 14.6. The fourth-order valence-electron chi connectivity index (χ4n) is 4.39. The van der Waals surface area contributed by atoms with Crippen LogP contribution in [0.1, 0.15) is 32.1 Å². The highest BCUT2D eigenvalue weighted by molar-refractivity contribution is 5.84. The van der Waals surface area contributed by atoms with Gasteiger partial charge in [0.1, 0.15) is 6.04 Å². The van der Waals surface area contributed by atoms with Gasteiger partial charge in [-0.3, -0.25) is 0 Å². The first-order chi connectivity index (χ1) is 10.1. The second-order valence-electron chi connectivity index (χ2n) is 6.71. The smallest absolute Gasteiger partial charge is 0.326 e.